The predicted molar refractivity (Wildman–Crippen MR) is 64.9 cm³/mol. The third-order valence-corrected chi connectivity index (χ3v) is 3.25. The number of unbranched alkanes of at least 4 members (excludes halogenated alkanes) is 1. The lowest BCUT2D eigenvalue weighted by Crippen LogP contribution is -2.00. The minimum atomic E-state index is -1.22. The van der Waals surface area contributed by atoms with Gasteiger partial charge in [0.1, 0.15) is 0 Å². The van der Waals surface area contributed by atoms with Crippen LogP contribution in [0.3, 0.4) is 0 Å². The minimum absolute atomic E-state index is 0.0138. The molecule has 0 saturated carbocycles. The first kappa shape index (κ1) is 14.3. The van der Waals surface area contributed by atoms with Crippen molar-refractivity contribution in [2.45, 2.75) is 26.7 Å². The summed E-state index contributed by atoms with van der Waals surface area (Å²) in [5.41, 5.74) is 0. The van der Waals surface area contributed by atoms with Gasteiger partial charge in [0.05, 0.1) is 0 Å². The number of carboxylic acids is 2. The van der Waals surface area contributed by atoms with Crippen LogP contribution < -0.4 is 9.47 Å². The van der Waals surface area contributed by atoms with E-state index in [4.69, 9.17) is 19.7 Å². The Balaban J connectivity index is 0.000000357. The zero-order chi connectivity index (χ0) is 13.7. The highest BCUT2D eigenvalue weighted by molar-refractivity contribution is 7.16. The van der Waals surface area contributed by atoms with E-state index in [9.17, 15) is 9.59 Å². The van der Waals surface area contributed by atoms with E-state index in [-0.39, 0.29) is 28.0 Å². The molecule has 1 aromatic heterocycles. The molecule has 1 aromatic rings. The molecule has 0 bridgehead atoms. The lowest BCUT2D eigenvalue weighted by atomic mass is 10.3. The van der Waals surface area contributed by atoms with Crippen LogP contribution in [0.1, 0.15) is 46.0 Å². The Morgan fingerprint density at radius 2 is 1.44 bits per heavy atom. The number of rotatable bonds is 3. The van der Waals surface area contributed by atoms with E-state index < -0.39 is 11.9 Å². The van der Waals surface area contributed by atoms with Crippen LogP contribution >= 0.6 is 11.3 Å². The molecule has 1 aliphatic rings. The summed E-state index contributed by atoms with van der Waals surface area (Å²) in [4.78, 5) is 21.1. The molecule has 18 heavy (non-hydrogen) atoms. The number of aromatic carboxylic acids is 2. The summed E-state index contributed by atoms with van der Waals surface area (Å²) in [6.45, 7) is 4.22. The van der Waals surface area contributed by atoms with E-state index in [0.717, 1.165) is 0 Å². The molecular formula is C11H14O6S. The molecule has 0 unspecified atom stereocenters. The van der Waals surface area contributed by atoms with Gasteiger partial charge in [0, 0.05) is 0 Å². The number of fused-ring (bicyclic) bond motifs is 1. The average Bonchev–Trinajstić information content (AvgIpc) is 2.89. The van der Waals surface area contributed by atoms with Gasteiger partial charge < -0.3 is 19.7 Å². The van der Waals surface area contributed by atoms with E-state index >= 15 is 0 Å². The molecule has 0 atom stereocenters. The summed E-state index contributed by atoms with van der Waals surface area (Å²) in [7, 11) is 0. The highest BCUT2D eigenvalue weighted by Gasteiger charge is 2.32. The highest BCUT2D eigenvalue weighted by Crippen LogP contribution is 2.45. The lowest BCUT2D eigenvalue weighted by Gasteiger charge is -1.93. The molecule has 2 heterocycles. The molecule has 0 radical (unpaired) electrons. The second kappa shape index (κ2) is 6.25. The topological polar surface area (TPSA) is 93.1 Å². The van der Waals surface area contributed by atoms with Crippen LogP contribution in [0.15, 0.2) is 0 Å². The summed E-state index contributed by atoms with van der Waals surface area (Å²) in [6.07, 6.45) is 2.64. The summed E-state index contributed by atoms with van der Waals surface area (Å²) in [6, 6.07) is 0. The normalized spacial score (nSPS) is 11.7. The van der Waals surface area contributed by atoms with Crippen molar-refractivity contribution in [2.75, 3.05) is 6.79 Å². The fraction of sp³-hybridized carbons (Fsp3) is 0.455. The van der Waals surface area contributed by atoms with Crippen LogP contribution in [0.4, 0.5) is 0 Å². The third kappa shape index (κ3) is 2.92. The Kier molecular flexibility index (Phi) is 4.96. The summed E-state index contributed by atoms with van der Waals surface area (Å²) in [5, 5.41) is 17.5. The van der Waals surface area contributed by atoms with Gasteiger partial charge in [0.2, 0.25) is 6.79 Å². The molecule has 0 amide bonds. The molecule has 0 spiro atoms. The molecule has 2 rings (SSSR count). The van der Waals surface area contributed by atoms with Crippen molar-refractivity contribution in [3.63, 3.8) is 0 Å². The molecule has 7 heteroatoms. The number of hydrogen-bond donors (Lipinski definition) is 2. The molecule has 0 aliphatic carbocycles. The van der Waals surface area contributed by atoms with E-state index in [0.29, 0.717) is 11.3 Å². The molecule has 0 saturated heterocycles. The van der Waals surface area contributed by atoms with Gasteiger partial charge in [-0.15, -0.1) is 11.3 Å². The molecule has 0 fully saturated rings. The van der Waals surface area contributed by atoms with Gasteiger partial charge in [-0.3, -0.25) is 0 Å². The van der Waals surface area contributed by atoms with E-state index in [1.54, 1.807) is 0 Å². The number of ether oxygens (including phenoxy) is 2. The Morgan fingerprint density at radius 1 is 1.06 bits per heavy atom. The van der Waals surface area contributed by atoms with Crippen molar-refractivity contribution in [3.05, 3.63) is 9.75 Å². The van der Waals surface area contributed by atoms with Gasteiger partial charge in [-0.05, 0) is 0 Å². The Bertz CT molecular complexity index is 412. The van der Waals surface area contributed by atoms with Crippen LogP contribution in [0, 0.1) is 0 Å². The summed E-state index contributed by atoms with van der Waals surface area (Å²) in [5.74, 6) is -2.41. The number of carbonyl (C=O) groups is 2. The largest absolute Gasteiger partial charge is 0.477 e. The Labute approximate surface area is 108 Å². The van der Waals surface area contributed by atoms with Gasteiger partial charge in [0.25, 0.3) is 0 Å². The second-order valence-electron chi connectivity index (χ2n) is 3.44. The van der Waals surface area contributed by atoms with Gasteiger partial charge >= 0.3 is 11.9 Å². The van der Waals surface area contributed by atoms with Crippen LogP contribution in [0.25, 0.3) is 0 Å². The van der Waals surface area contributed by atoms with Crippen LogP contribution in [-0.2, 0) is 0 Å². The first-order valence-electron chi connectivity index (χ1n) is 5.41. The Hall–Kier alpha value is -1.76. The fourth-order valence-corrected chi connectivity index (χ4v) is 1.96. The first-order chi connectivity index (χ1) is 8.52. The maximum atomic E-state index is 10.7. The SMILES string of the molecule is CCCC.O=C(O)c1sc(C(=O)O)c2c1OCO2. The van der Waals surface area contributed by atoms with Crippen LogP contribution in [-0.4, -0.2) is 28.9 Å². The van der Waals surface area contributed by atoms with Gasteiger partial charge in [0.15, 0.2) is 21.3 Å². The molecule has 6 nitrogen and oxygen atoms in total. The van der Waals surface area contributed by atoms with Crippen molar-refractivity contribution in [1.29, 1.82) is 0 Å². The molecule has 2 N–H and O–H groups in total. The zero-order valence-corrected chi connectivity index (χ0v) is 10.9. The maximum absolute atomic E-state index is 10.7. The number of hydrogen-bond acceptors (Lipinski definition) is 5. The molecule has 100 valence electrons. The Morgan fingerprint density at radius 3 is 1.72 bits per heavy atom. The fourth-order valence-electron chi connectivity index (χ4n) is 1.09. The highest BCUT2D eigenvalue weighted by atomic mass is 32.1. The second-order valence-corrected chi connectivity index (χ2v) is 4.46. The van der Waals surface area contributed by atoms with Crippen molar-refractivity contribution in [1.82, 2.24) is 0 Å². The zero-order valence-electron chi connectivity index (χ0n) is 10.1. The van der Waals surface area contributed by atoms with Gasteiger partial charge in [-0.25, -0.2) is 9.59 Å². The monoisotopic (exact) mass is 274 g/mol. The van der Waals surface area contributed by atoms with Gasteiger partial charge in [-0.1, -0.05) is 26.7 Å². The smallest absolute Gasteiger partial charge is 0.349 e. The molecule has 1 aliphatic heterocycles. The van der Waals surface area contributed by atoms with Crippen LogP contribution in [0.2, 0.25) is 0 Å². The van der Waals surface area contributed by atoms with Crippen molar-refractivity contribution in [2.24, 2.45) is 0 Å². The van der Waals surface area contributed by atoms with Crippen molar-refractivity contribution < 1.29 is 29.3 Å². The summed E-state index contributed by atoms with van der Waals surface area (Å²) < 4.78 is 9.73. The molecular weight excluding hydrogens is 260 g/mol. The van der Waals surface area contributed by atoms with Crippen LogP contribution in [0.5, 0.6) is 11.5 Å². The van der Waals surface area contributed by atoms with Crippen molar-refractivity contribution in [3.8, 4) is 11.5 Å². The number of carboxylic acid groups (broad SMARTS) is 2. The average molecular weight is 274 g/mol. The first-order valence-corrected chi connectivity index (χ1v) is 6.23. The minimum Gasteiger partial charge on any atom is -0.477 e. The van der Waals surface area contributed by atoms with E-state index in [1.165, 1.54) is 12.8 Å². The molecule has 0 aromatic carbocycles. The number of thiophene rings is 1. The quantitative estimate of drug-likeness (QED) is 0.880. The van der Waals surface area contributed by atoms with E-state index in [1.807, 2.05) is 0 Å². The summed E-state index contributed by atoms with van der Waals surface area (Å²) >= 11 is 0.629. The standard InChI is InChI=1S/C7H4O6S.C4H10/c8-6(9)4-2-3(13-1-12-2)5(14-4)7(10)11;1-3-4-2/h1H2,(H,8,9)(H,10,11);3-4H2,1-2H3. The lowest BCUT2D eigenvalue weighted by molar-refractivity contribution is 0.0691. The van der Waals surface area contributed by atoms with Gasteiger partial charge in [-0.2, -0.15) is 0 Å². The predicted octanol–water partition coefficient (Wildman–Crippen LogP) is 2.68. The van der Waals surface area contributed by atoms with E-state index in [2.05, 4.69) is 13.8 Å². The third-order valence-electron chi connectivity index (χ3n) is 2.12. The van der Waals surface area contributed by atoms with Crippen molar-refractivity contribution >= 4 is 23.3 Å². The maximum Gasteiger partial charge on any atom is 0.349 e.